The first-order valence-electron chi connectivity index (χ1n) is 6.04. The highest BCUT2D eigenvalue weighted by atomic mass is 16.5. The van der Waals surface area contributed by atoms with Crippen LogP contribution in [0.3, 0.4) is 0 Å². The summed E-state index contributed by atoms with van der Waals surface area (Å²) in [6, 6.07) is 7.73. The van der Waals surface area contributed by atoms with Gasteiger partial charge in [0.2, 0.25) is 0 Å². The third-order valence-corrected chi connectivity index (χ3v) is 3.07. The zero-order valence-corrected chi connectivity index (χ0v) is 9.90. The van der Waals surface area contributed by atoms with Crippen LogP contribution in [-0.2, 0) is 9.53 Å². The molecule has 0 radical (unpaired) electrons. The maximum absolute atomic E-state index is 12.0. The van der Waals surface area contributed by atoms with E-state index in [1.165, 1.54) is 0 Å². The Bertz CT molecular complexity index is 558. The monoisotopic (exact) mass is 245 g/mol. The van der Waals surface area contributed by atoms with E-state index in [-0.39, 0.29) is 5.91 Å². The number of carbonyl (C=O) groups excluding carboxylic acids is 1. The third kappa shape index (κ3) is 2.10. The highest BCUT2D eigenvalue weighted by Gasteiger charge is 2.22. The molecule has 2 aromatic rings. The van der Waals surface area contributed by atoms with Gasteiger partial charge in [0.25, 0.3) is 5.91 Å². The van der Waals surface area contributed by atoms with Gasteiger partial charge in [0.05, 0.1) is 12.3 Å². The van der Waals surface area contributed by atoms with Crippen LogP contribution in [0.25, 0.3) is 10.9 Å². The summed E-state index contributed by atoms with van der Waals surface area (Å²) in [7, 11) is 0. The van der Waals surface area contributed by atoms with Crippen LogP contribution in [0.2, 0.25) is 0 Å². The van der Waals surface area contributed by atoms with E-state index in [2.05, 4.69) is 15.6 Å². The Hall–Kier alpha value is -1.85. The van der Waals surface area contributed by atoms with Gasteiger partial charge < -0.3 is 20.4 Å². The van der Waals surface area contributed by atoms with Crippen molar-refractivity contribution in [3.8, 4) is 0 Å². The first-order chi connectivity index (χ1) is 8.84. The zero-order valence-electron chi connectivity index (χ0n) is 9.90. The largest absolute Gasteiger partial charge is 0.366 e. The summed E-state index contributed by atoms with van der Waals surface area (Å²) in [6.45, 7) is 1.94. The number of hydrogen-bond donors (Lipinski definition) is 3. The molecule has 18 heavy (non-hydrogen) atoms. The second-order valence-electron chi connectivity index (χ2n) is 4.30. The second-order valence-corrected chi connectivity index (χ2v) is 4.30. The van der Waals surface area contributed by atoms with Crippen molar-refractivity contribution in [3.63, 3.8) is 0 Å². The molecule has 1 unspecified atom stereocenters. The van der Waals surface area contributed by atoms with Crippen LogP contribution in [0, 0.1) is 0 Å². The van der Waals surface area contributed by atoms with Crippen molar-refractivity contribution in [2.24, 2.45) is 0 Å². The standard InChI is InChI=1S/C13H15N3O2/c17-13(12-8-14-6-7-18-12)16-11-3-1-2-10-9(11)4-5-15-10/h1-5,12,14-15H,6-8H2,(H,16,17). The van der Waals surface area contributed by atoms with Gasteiger partial charge in [-0.1, -0.05) is 6.07 Å². The summed E-state index contributed by atoms with van der Waals surface area (Å²) in [5, 5.41) is 7.07. The number of morpholine rings is 1. The molecule has 0 aliphatic carbocycles. The molecule has 5 heteroatoms. The Morgan fingerprint density at radius 2 is 2.33 bits per heavy atom. The first kappa shape index (κ1) is 11.3. The molecule has 0 bridgehead atoms. The van der Waals surface area contributed by atoms with Crippen LogP contribution >= 0.6 is 0 Å². The van der Waals surface area contributed by atoms with E-state index in [0.29, 0.717) is 13.2 Å². The van der Waals surface area contributed by atoms with Crippen LogP contribution in [0.4, 0.5) is 5.69 Å². The lowest BCUT2D eigenvalue weighted by atomic mass is 10.2. The number of fused-ring (bicyclic) bond motifs is 1. The Labute approximate surface area is 105 Å². The number of nitrogens with one attached hydrogen (secondary N) is 3. The molecule has 1 aromatic carbocycles. The lowest BCUT2D eigenvalue weighted by Gasteiger charge is -2.22. The Morgan fingerprint density at radius 1 is 1.39 bits per heavy atom. The number of aromatic amines is 1. The van der Waals surface area contributed by atoms with E-state index in [1.54, 1.807) is 0 Å². The van der Waals surface area contributed by atoms with E-state index in [9.17, 15) is 4.79 Å². The van der Waals surface area contributed by atoms with Crippen molar-refractivity contribution in [2.75, 3.05) is 25.0 Å². The Morgan fingerprint density at radius 3 is 3.17 bits per heavy atom. The van der Waals surface area contributed by atoms with E-state index >= 15 is 0 Å². The lowest BCUT2D eigenvalue weighted by Crippen LogP contribution is -2.45. The van der Waals surface area contributed by atoms with Crippen molar-refractivity contribution in [1.82, 2.24) is 10.3 Å². The fraction of sp³-hybridized carbons (Fsp3) is 0.308. The van der Waals surface area contributed by atoms with Crippen LogP contribution in [-0.4, -0.2) is 36.7 Å². The summed E-state index contributed by atoms with van der Waals surface area (Å²) in [5.74, 6) is -0.101. The van der Waals surface area contributed by atoms with Crippen molar-refractivity contribution < 1.29 is 9.53 Å². The highest BCUT2D eigenvalue weighted by molar-refractivity contribution is 6.02. The fourth-order valence-electron chi connectivity index (χ4n) is 2.14. The number of anilines is 1. The van der Waals surface area contributed by atoms with Gasteiger partial charge in [0.15, 0.2) is 0 Å². The van der Waals surface area contributed by atoms with Crippen molar-refractivity contribution >= 4 is 22.5 Å². The van der Waals surface area contributed by atoms with Gasteiger partial charge in [-0.3, -0.25) is 4.79 Å². The van der Waals surface area contributed by atoms with Gasteiger partial charge in [-0.05, 0) is 18.2 Å². The maximum atomic E-state index is 12.0. The lowest BCUT2D eigenvalue weighted by molar-refractivity contribution is -0.128. The molecule has 2 heterocycles. The van der Waals surface area contributed by atoms with Gasteiger partial charge in [-0.25, -0.2) is 0 Å². The summed E-state index contributed by atoms with van der Waals surface area (Å²) in [4.78, 5) is 15.2. The quantitative estimate of drug-likeness (QED) is 0.742. The second kappa shape index (κ2) is 4.80. The van der Waals surface area contributed by atoms with Crippen molar-refractivity contribution in [3.05, 3.63) is 30.5 Å². The normalized spacial score (nSPS) is 19.9. The molecule has 5 nitrogen and oxygen atoms in total. The predicted molar refractivity (Wildman–Crippen MR) is 69.5 cm³/mol. The molecule has 1 amide bonds. The van der Waals surface area contributed by atoms with Crippen LogP contribution in [0.5, 0.6) is 0 Å². The molecule has 0 spiro atoms. The van der Waals surface area contributed by atoms with E-state index in [1.807, 2.05) is 30.5 Å². The average Bonchev–Trinajstić information content (AvgIpc) is 2.89. The number of aromatic nitrogens is 1. The minimum absolute atomic E-state index is 0.101. The predicted octanol–water partition coefficient (Wildman–Crippen LogP) is 1.09. The minimum atomic E-state index is -0.409. The maximum Gasteiger partial charge on any atom is 0.254 e. The molecular weight excluding hydrogens is 230 g/mol. The number of benzene rings is 1. The third-order valence-electron chi connectivity index (χ3n) is 3.07. The molecule has 94 valence electrons. The van der Waals surface area contributed by atoms with Gasteiger partial charge in [0, 0.05) is 30.2 Å². The van der Waals surface area contributed by atoms with Crippen LogP contribution in [0.1, 0.15) is 0 Å². The number of ether oxygens (including phenoxy) is 1. The van der Waals surface area contributed by atoms with Gasteiger partial charge in [-0.15, -0.1) is 0 Å². The molecular formula is C13H15N3O2. The molecule has 1 fully saturated rings. The molecule has 1 aromatic heterocycles. The van der Waals surface area contributed by atoms with Gasteiger partial charge >= 0.3 is 0 Å². The Kier molecular flexibility index (Phi) is 3.00. The molecule has 1 aliphatic heterocycles. The first-order valence-corrected chi connectivity index (χ1v) is 6.04. The Balaban J connectivity index is 1.79. The smallest absolute Gasteiger partial charge is 0.254 e. The van der Waals surface area contributed by atoms with Gasteiger partial charge in [-0.2, -0.15) is 0 Å². The van der Waals surface area contributed by atoms with Crippen LogP contribution in [0.15, 0.2) is 30.5 Å². The highest BCUT2D eigenvalue weighted by Crippen LogP contribution is 2.22. The van der Waals surface area contributed by atoms with E-state index in [0.717, 1.165) is 23.1 Å². The summed E-state index contributed by atoms with van der Waals surface area (Å²) in [6.07, 6.45) is 1.45. The van der Waals surface area contributed by atoms with Crippen LogP contribution < -0.4 is 10.6 Å². The molecule has 3 rings (SSSR count). The minimum Gasteiger partial charge on any atom is -0.366 e. The summed E-state index contributed by atoms with van der Waals surface area (Å²) < 4.78 is 5.42. The number of rotatable bonds is 2. The van der Waals surface area contributed by atoms with Gasteiger partial charge in [0.1, 0.15) is 6.10 Å². The fourth-order valence-corrected chi connectivity index (χ4v) is 2.14. The SMILES string of the molecule is O=C(Nc1cccc2[nH]ccc12)C1CNCCO1. The zero-order chi connectivity index (χ0) is 12.4. The number of amides is 1. The molecule has 1 saturated heterocycles. The molecule has 1 atom stereocenters. The summed E-state index contributed by atoms with van der Waals surface area (Å²) >= 11 is 0. The molecule has 1 aliphatic rings. The number of carbonyl (C=O) groups is 1. The topological polar surface area (TPSA) is 66.2 Å². The van der Waals surface area contributed by atoms with Crippen molar-refractivity contribution in [1.29, 1.82) is 0 Å². The van der Waals surface area contributed by atoms with E-state index in [4.69, 9.17) is 4.74 Å². The summed E-state index contributed by atoms with van der Waals surface area (Å²) in [5.41, 5.74) is 1.82. The van der Waals surface area contributed by atoms with Crippen molar-refractivity contribution in [2.45, 2.75) is 6.10 Å². The molecule has 0 saturated carbocycles. The number of hydrogen-bond acceptors (Lipinski definition) is 3. The number of H-pyrrole nitrogens is 1. The van der Waals surface area contributed by atoms with E-state index < -0.39 is 6.10 Å². The average molecular weight is 245 g/mol. The molecule has 3 N–H and O–H groups in total.